The average Bonchev–Trinajstić information content (AvgIpc) is 2.50. The van der Waals surface area contributed by atoms with Crippen molar-refractivity contribution in [3.63, 3.8) is 0 Å². The molecule has 0 aromatic carbocycles. The van der Waals surface area contributed by atoms with Crippen LogP contribution in [0.25, 0.3) is 11.0 Å². The smallest absolute Gasteiger partial charge is 0.168 e. The lowest BCUT2D eigenvalue weighted by molar-refractivity contribution is 1.24. The second-order valence-electron chi connectivity index (χ2n) is 2.10. The molecule has 0 bridgehead atoms. The molecule has 2 rings (SSSR count). The Morgan fingerprint density at radius 1 is 1.45 bits per heavy atom. The van der Waals surface area contributed by atoms with E-state index in [2.05, 4.69) is 20.4 Å². The van der Waals surface area contributed by atoms with Crippen LogP contribution >= 0.6 is 0 Å². The van der Waals surface area contributed by atoms with Gasteiger partial charge in [0.1, 0.15) is 5.52 Å². The zero-order chi connectivity index (χ0) is 7.68. The fourth-order valence-corrected chi connectivity index (χ4v) is 0.973. The Morgan fingerprint density at radius 2 is 2.36 bits per heavy atom. The quantitative estimate of drug-likeness (QED) is 0.401. The largest absolute Gasteiger partial charge is 0.344 e. The maximum absolute atomic E-state index is 5.21. The topological polar surface area (TPSA) is 79.6 Å². The summed E-state index contributed by atoms with van der Waals surface area (Å²) in [7, 11) is 0. The number of anilines is 1. The first-order chi connectivity index (χ1) is 5.42. The number of nitrogens with one attached hydrogen (secondary N) is 2. The second kappa shape index (κ2) is 2.21. The van der Waals surface area contributed by atoms with E-state index in [-0.39, 0.29) is 0 Å². The Labute approximate surface area is 62.6 Å². The molecule has 0 aliphatic rings. The van der Waals surface area contributed by atoms with Crippen molar-refractivity contribution in [1.82, 2.24) is 15.0 Å². The summed E-state index contributed by atoms with van der Waals surface area (Å²) in [6, 6.07) is 1.84. The van der Waals surface area contributed by atoms with Crippen molar-refractivity contribution in [1.29, 1.82) is 0 Å². The Kier molecular flexibility index (Phi) is 1.23. The van der Waals surface area contributed by atoms with Gasteiger partial charge >= 0.3 is 0 Å². The molecule has 0 atom stereocenters. The van der Waals surface area contributed by atoms with Crippen LogP contribution in [0.4, 0.5) is 5.82 Å². The van der Waals surface area contributed by atoms with Gasteiger partial charge in [-0.15, -0.1) is 0 Å². The monoisotopic (exact) mass is 149 g/mol. The fourth-order valence-electron chi connectivity index (χ4n) is 0.973. The van der Waals surface area contributed by atoms with Gasteiger partial charge < -0.3 is 10.4 Å². The minimum absolute atomic E-state index is 0.587. The van der Waals surface area contributed by atoms with E-state index < -0.39 is 0 Å². The van der Waals surface area contributed by atoms with Gasteiger partial charge in [0.25, 0.3) is 0 Å². The van der Waals surface area contributed by atoms with Crippen LogP contribution in [-0.2, 0) is 0 Å². The molecule has 56 valence electrons. The Bertz CT molecular complexity index is 366. The number of fused-ring (bicyclic) bond motifs is 1. The van der Waals surface area contributed by atoms with E-state index >= 15 is 0 Å². The lowest BCUT2D eigenvalue weighted by Crippen LogP contribution is -2.08. The van der Waals surface area contributed by atoms with Crippen LogP contribution in [0.5, 0.6) is 0 Å². The first-order valence-corrected chi connectivity index (χ1v) is 3.16. The lowest BCUT2D eigenvalue weighted by atomic mass is 10.4. The van der Waals surface area contributed by atoms with Crippen molar-refractivity contribution >= 4 is 16.9 Å². The third kappa shape index (κ3) is 0.821. The fraction of sp³-hybridized carbons (Fsp3) is 0. The predicted molar refractivity (Wildman–Crippen MR) is 41.7 cm³/mol. The highest BCUT2D eigenvalue weighted by Crippen LogP contribution is 2.14. The molecule has 0 saturated carbocycles. The van der Waals surface area contributed by atoms with Crippen LogP contribution < -0.4 is 11.3 Å². The second-order valence-corrected chi connectivity index (χ2v) is 2.10. The molecule has 5 heteroatoms. The van der Waals surface area contributed by atoms with Crippen molar-refractivity contribution in [3.8, 4) is 0 Å². The van der Waals surface area contributed by atoms with Gasteiger partial charge in [-0.05, 0) is 6.07 Å². The van der Waals surface area contributed by atoms with E-state index in [0.29, 0.717) is 5.82 Å². The molecule has 11 heavy (non-hydrogen) atoms. The van der Waals surface area contributed by atoms with Crippen LogP contribution in [0.1, 0.15) is 0 Å². The lowest BCUT2D eigenvalue weighted by Gasteiger charge is -1.96. The van der Waals surface area contributed by atoms with Gasteiger partial charge in [-0.3, -0.25) is 0 Å². The third-order valence-electron chi connectivity index (χ3n) is 1.47. The molecule has 2 aromatic rings. The summed E-state index contributed by atoms with van der Waals surface area (Å²) in [4.78, 5) is 11.0. The summed E-state index contributed by atoms with van der Waals surface area (Å²) in [5.74, 6) is 5.80. The summed E-state index contributed by atoms with van der Waals surface area (Å²) in [5.41, 5.74) is 4.15. The number of pyridine rings is 1. The number of hydrogen-bond donors (Lipinski definition) is 3. The predicted octanol–water partition coefficient (Wildman–Crippen LogP) is 0.243. The maximum atomic E-state index is 5.21. The first-order valence-electron chi connectivity index (χ1n) is 3.16. The number of hydrazine groups is 1. The van der Waals surface area contributed by atoms with E-state index in [1.807, 2.05) is 6.07 Å². The van der Waals surface area contributed by atoms with Gasteiger partial charge in [0, 0.05) is 6.20 Å². The van der Waals surface area contributed by atoms with Gasteiger partial charge in [0.05, 0.1) is 11.8 Å². The number of aromatic nitrogens is 3. The molecule has 0 aliphatic heterocycles. The van der Waals surface area contributed by atoms with Crippen molar-refractivity contribution in [2.24, 2.45) is 5.84 Å². The average molecular weight is 149 g/mol. The van der Waals surface area contributed by atoms with E-state index in [1.165, 1.54) is 0 Å². The first kappa shape index (κ1) is 6.11. The molecule has 5 nitrogen and oxygen atoms in total. The number of aromatic amines is 1. The van der Waals surface area contributed by atoms with Crippen molar-refractivity contribution in [2.45, 2.75) is 0 Å². The number of nitrogens with two attached hydrogens (primary N) is 1. The summed E-state index contributed by atoms with van der Waals surface area (Å²) in [6.07, 6.45) is 3.27. The van der Waals surface area contributed by atoms with Crippen LogP contribution in [0.15, 0.2) is 18.6 Å². The Balaban J connectivity index is 2.79. The minimum Gasteiger partial charge on any atom is -0.344 e. The highest BCUT2D eigenvalue weighted by atomic mass is 15.3. The minimum atomic E-state index is 0.587. The van der Waals surface area contributed by atoms with Gasteiger partial charge in [0.2, 0.25) is 0 Å². The van der Waals surface area contributed by atoms with E-state index in [0.717, 1.165) is 11.0 Å². The van der Waals surface area contributed by atoms with E-state index in [1.54, 1.807) is 12.5 Å². The SMILES string of the molecule is NNc1nccc2[nH]cnc12. The number of imidazole rings is 1. The van der Waals surface area contributed by atoms with Crippen LogP contribution in [0.3, 0.4) is 0 Å². The molecule has 0 amide bonds. The molecule has 0 spiro atoms. The highest BCUT2D eigenvalue weighted by molar-refractivity contribution is 5.84. The Morgan fingerprint density at radius 3 is 3.18 bits per heavy atom. The molecule has 2 heterocycles. The van der Waals surface area contributed by atoms with Crippen LogP contribution in [0, 0.1) is 0 Å². The third-order valence-corrected chi connectivity index (χ3v) is 1.47. The highest BCUT2D eigenvalue weighted by Gasteiger charge is 2.00. The number of nitrogen functional groups attached to an aromatic ring is 1. The summed E-state index contributed by atoms with van der Waals surface area (Å²) in [5, 5.41) is 0. The van der Waals surface area contributed by atoms with E-state index in [9.17, 15) is 0 Å². The van der Waals surface area contributed by atoms with Gasteiger partial charge in [-0.2, -0.15) is 0 Å². The zero-order valence-corrected chi connectivity index (χ0v) is 5.70. The van der Waals surface area contributed by atoms with Crippen molar-refractivity contribution < 1.29 is 0 Å². The molecule has 4 N–H and O–H groups in total. The number of rotatable bonds is 1. The number of H-pyrrole nitrogens is 1. The molecule has 0 aliphatic carbocycles. The molecule has 0 fully saturated rings. The van der Waals surface area contributed by atoms with Gasteiger partial charge in [0.15, 0.2) is 5.82 Å². The summed E-state index contributed by atoms with van der Waals surface area (Å²) >= 11 is 0. The van der Waals surface area contributed by atoms with Crippen LogP contribution in [-0.4, -0.2) is 15.0 Å². The van der Waals surface area contributed by atoms with Gasteiger partial charge in [-0.1, -0.05) is 0 Å². The standard InChI is InChI=1S/C6H7N5/c7-11-6-5-4(1-2-8-6)9-3-10-5/h1-3H,7H2,(H,8,11)(H,9,10). The normalized spacial score (nSPS) is 10.3. The summed E-state index contributed by atoms with van der Waals surface area (Å²) < 4.78 is 0. The Hall–Kier alpha value is -1.62. The molecule has 0 radical (unpaired) electrons. The molecule has 0 unspecified atom stereocenters. The van der Waals surface area contributed by atoms with Gasteiger partial charge in [-0.25, -0.2) is 15.8 Å². The van der Waals surface area contributed by atoms with Crippen molar-refractivity contribution in [2.75, 3.05) is 5.43 Å². The van der Waals surface area contributed by atoms with E-state index in [4.69, 9.17) is 5.84 Å². The number of hydrogen-bond acceptors (Lipinski definition) is 4. The molecule has 2 aromatic heterocycles. The zero-order valence-electron chi connectivity index (χ0n) is 5.70. The summed E-state index contributed by atoms with van der Waals surface area (Å²) in [6.45, 7) is 0. The molecular weight excluding hydrogens is 142 g/mol. The van der Waals surface area contributed by atoms with Crippen molar-refractivity contribution in [3.05, 3.63) is 18.6 Å². The van der Waals surface area contributed by atoms with Crippen LogP contribution in [0.2, 0.25) is 0 Å². The number of nitrogens with zero attached hydrogens (tertiary/aromatic N) is 2. The molecule has 0 saturated heterocycles. The maximum Gasteiger partial charge on any atom is 0.168 e. The molecular formula is C6H7N5.